The van der Waals surface area contributed by atoms with Crippen LogP contribution in [-0.2, 0) is 26.6 Å². The number of rotatable bonds is 10. The first-order chi connectivity index (χ1) is 19.5. The third-order valence-corrected chi connectivity index (χ3v) is 5.67. The Bertz CT molecular complexity index is 1250. The van der Waals surface area contributed by atoms with Crippen molar-refractivity contribution < 1.29 is 58.9 Å². The molecule has 0 bridgehead atoms. The Kier molecular flexibility index (Phi) is 10.2. The minimum Gasteiger partial charge on any atom is -0.381 e. The third-order valence-electron chi connectivity index (χ3n) is 5.67. The molecule has 1 aliphatic rings. The smallest absolute Gasteiger partial charge is 0.381 e. The van der Waals surface area contributed by atoms with E-state index in [4.69, 9.17) is 4.74 Å². The summed E-state index contributed by atoms with van der Waals surface area (Å²) in [5, 5.41) is 17.0. The summed E-state index contributed by atoms with van der Waals surface area (Å²) in [6.07, 6.45) is -15.1. The zero-order valence-corrected chi connectivity index (χ0v) is 21.1. The fourth-order valence-corrected chi connectivity index (χ4v) is 3.70. The Morgan fingerprint density at radius 3 is 2.12 bits per heavy atom. The van der Waals surface area contributed by atoms with Crippen LogP contribution < -0.4 is 15.8 Å². The first-order valence-electron chi connectivity index (χ1n) is 11.8. The lowest BCUT2D eigenvalue weighted by Gasteiger charge is -2.35. The SMILES string of the molecule is O=C(C(O)COCC(COC(F)(F)F)Nc1cn[nH]c(=O)c1C(F)(F)F)N1CCN(c2ncc(C(F)(F)F)cn2)CC1. The first-order valence-corrected chi connectivity index (χ1v) is 11.8. The van der Waals surface area contributed by atoms with Crippen molar-refractivity contribution in [2.24, 2.45) is 0 Å². The van der Waals surface area contributed by atoms with Gasteiger partial charge in [0.05, 0.1) is 43.3 Å². The van der Waals surface area contributed by atoms with Gasteiger partial charge >= 0.3 is 18.7 Å². The van der Waals surface area contributed by atoms with E-state index >= 15 is 0 Å². The van der Waals surface area contributed by atoms with Crippen molar-refractivity contribution in [3.8, 4) is 0 Å². The van der Waals surface area contributed by atoms with Crippen LogP contribution in [0.4, 0.5) is 51.1 Å². The highest BCUT2D eigenvalue weighted by Crippen LogP contribution is 2.32. The van der Waals surface area contributed by atoms with Gasteiger partial charge in [0.25, 0.3) is 11.5 Å². The van der Waals surface area contributed by atoms with Crippen LogP contribution in [0.3, 0.4) is 0 Å². The molecular weight excluding hydrogens is 601 g/mol. The van der Waals surface area contributed by atoms with Gasteiger partial charge in [0.1, 0.15) is 5.56 Å². The quantitative estimate of drug-likeness (QED) is 0.334. The molecule has 2 aromatic rings. The third kappa shape index (κ3) is 9.14. The van der Waals surface area contributed by atoms with E-state index in [2.05, 4.69) is 25.1 Å². The Balaban J connectivity index is 1.55. The van der Waals surface area contributed by atoms with Crippen molar-refractivity contribution in [3.05, 3.63) is 40.1 Å². The second-order valence-corrected chi connectivity index (χ2v) is 8.72. The second kappa shape index (κ2) is 13.1. The molecule has 234 valence electrons. The predicted octanol–water partition coefficient (Wildman–Crippen LogP) is 1.64. The number of amides is 1. The number of hydrogen-bond donors (Lipinski definition) is 3. The van der Waals surface area contributed by atoms with Crippen molar-refractivity contribution >= 4 is 17.5 Å². The molecule has 1 amide bonds. The highest BCUT2D eigenvalue weighted by atomic mass is 19.4. The molecule has 0 aliphatic carbocycles. The molecule has 1 saturated heterocycles. The van der Waals surface area contributed by atoms with Gasteiger partial charge in [-0.2, -0.15) is 31.4 Å². The van der Waals surface area contributed by atoms with Crippen LogP contribution in [0.5, 0.6) is 0 Å². The summed E-state index contributed by atoms with van der Waals surface area (Å²) in [7, 11) is 0. The molecule has 0 radical (unpaired) electrons. The lowest BCUT2D eigenvalue weighted by atomic mass is 10.2. The number of alkyl halides is 9. The topological polar surface area (TPSA) is 146 Å². The highest BCUT2D eigenvalue weighted by Gasteiger charge is 2.38. The number of hydrogen-bond acceptors (Lipinski definition) is 10. The summed E-state index contributed by atoms with van der Waals surface area (Å²) in [5.74, 6) is -0.861. The number of ether oxygens (including phenoxy) is 2. The summed E-state index contributed by atoms with van der Waals surface area (Å²) in [4.78, 5) is 34.2. The van der Waals surface area contributed by atoms with Gasteiger partial charge in [0.15, 0.2) is 6.10 Å². The fourth-order valence-electron chi connectivity index (χ4n) is 3.70. The number of nitrogens with zero attached hydrogens (tertiary/aromatic N) is 5. The fraction of sp³-hybridized carbons (Fsp3) is 0.571. The van der Waals surface area contributed by atoms with Gasteiger partial charge in [-0.25, -0.2) is 15.1 Å². The number of aliphatic hydroxyl groups excluding tert-OH is 1. The normalized spacial score (nSPS) is 16.3. The predicted molar refractivity (Wildman–Crippen MR) is 122 cm³/mol. The lowest BCUT2D eigenvalue weighted by Crippen LogP contribution is -2.52. The van der Waals surface area contributed by atoms with Crippen LogP contribution in [0.25, 0.3) is 0 Å². The molecular formula is C21H22F9N7O5. The highest BCUT2D eigenvalue weighted by molar-refractivity contribution is 5.81. The van der Waals surface area contributed by atoms with Crippen LogP contribution >= 0.6 is 0 Å². The van der Waals surface area contributed by atoms with Crippen LogP contribution in [0.15, 0.2) is 23.4 Å². The largest absolute Gasteiger partial charge is 0.522 e. The van der Waals surface area contributed by atoms with Gasteiger partial charge in [0.2, 0.25) is 5.95 Å². The molecule has 2 atom stereocenters. The number of anilines is 2. The molecule has 2 unspecified atom stereocenters. The summed E-state index contributed by atoms with van der Waals surface area (Å²) >= 11 is 0. The van der Waals surface area contributed by atoms with E-state index in [1.807, 2.05) is 0 Å². The maximum absolute atomic E-state index is 13.3. The molecule has 3 rings (SSSR count). The molecule has 0 aromatic carbocycles. The van der Waals surface area contributed by atoms with Crippen LogP contribution in [-0.4, -0.2) is 101 Å². The number of carbonyl (C=O) groups excluding carboxylic acids is 1. The molecule has 21 heteroatoms. The van der Waals surface area contributed by atoms with E-state index in [1.54, 1.807) is 5.10 Å². The molecule has 1 aliphatic heterocycles. The summed E-state index contributed by atoms with van der Waals surface area (Å²) in [6, 6.07) is -1.65. The number of halogens is 9. The van der Waals surface area contributed by atoms with Crippen molar-refractivity contribution in [1.29, 1.82) is 0 Å². The first kappa shape index (κ1) is 32.8. The van der Waals surface area contributed by atoms with E-state index < -0.39 is 79.0 Å². The van der Waals surface area contributed by atoms with Gasteiger partial charge in [-0.1, -0.05) is 0 Å². The molecule has 3 heterocycles. The Morgan fingerprint density at radius 1 is 0.952 bits per heavy atom. The molecule has 0 spiro atoms. The summed E-state index contributed by atoms with van der Waals surface area (Å²) in [5.41, 5.74) is -5.42. The maximum atomic E-state index is 13.3. The number of piperazine rings is 1. The zero-order chi connectivity index (χ0) is 31.3. The molecule has 3 N–H and O–H groups in total. The molecule has 42 heavy (non-hydrogen) atoms. The van der Waals surface area contributed by atoms with E-state index in [0.717, 1.165) is 0 Å². The van der Waals surface area contributed by atoms with Crippen molar-refractivity contribution in [1.82, 2.24) is 25.1 Å². The number of H-pyrrole nitrogens is 1. The maximum Gasteiger partial charge on any atom is 0.522 e. The summed E-state index contributed by atoms with van der Waals surface area (Å²) in [6.45, 7) is -2.66. The molecule has 12 nitrogen and oxygen atoms in total. The lowest BCUT2D eigenvalue weighted by molar-refractivity contribution is -0.325. The second-order valence-electron chi connectivity index (χ2n) is 8.72. The Labute approximate surface area is 229 Å². The monoisotopic (exact) mass is 623 g/mol. The van der Waals surface area contributed by atoms with E-state index in [0.29, 0.717) is 18.6 Å². The molecule has 2 aromatic heterocycles. The Morgan fingerprint density at radius 2 is 1.57 bits per heavy atom. The zero-order valence-electron chi connectivity index (χ0n) is 21.1. The van der Waals surface area contributed by atoms with Crippen LogP contribution in [0, 0.1) is 0 Å². The van der Waals surface area contributed by atoms with E-state index in [-0.39, 0.29) is 32.1 Å². The minimum absolute atomic E-state index is 0.000346. The number of carbonyl (C=O) groups is 1. The average Bonchev–Trinajstić information content (AvgIpc) is 2.89. The standard InChI is InChI=1S/C21H22F9N7O5/c22-19(23,24)11-5-31-18(32-6-11)37-3-1-36(2-4-37)17(40)14(38)10-41-8-12(9-42-21(28,29)30)34-13-7-33-35-16(39)15(13)20(25,26)27/h5-7,12,14,38H,1-4,8-10H2,(H2,34,35,39). The minimum atomic E-state index is -5.19. The van der Waals surface area contributed by atoms with E-state index in [1.165, 1.54) is 9.80 Å². The average molecular weight is 623 g/mol. The van der Waals surface area contributed by atoms with Crippen molar-refractivity contribution in [3.63, 3.8) is 0 Å². The number of aromatic nitrogens is 4. The number of aliphatic hydroxyl groups is 1. The van der Waals surface area contributed by atoms with Crippen molar-refractivity contribution in [2.75, 3.05) is 56.2 Å². The van der Waals surface area contributed by atoms with Crippen LogP contribution in [0.2, 0.25) is 0 Å². The van der Waals surface area contributed by atoms with Gasteiger partial charge in [-0.3, -0.25) is 14.3 Å². The van der Waals surface area contributed by atoms with Gasteiger partial charge in [-0.15, -0.1) is 13.2 Å². The van der Waals surface area contributed by atoms with E-state index in [9.17, 15) is 54.2 Å². The van der Waals surface area contributed by atoms with Crippen LogP contribution in [0.1, 0.15) is 11.1 Å². The summed E-state index contributed by atoms with van der Waals surface area (Å²) < 4.78 is 124. The van der Waals surface area contributed by atoms with Crippen molar-refractivity contribution in [2.45, 2.75) is 30.9 Å². The molecule has 0 saturated carbocycles. The van der Waals surface area contributed by atoms with Gasteiger partial charge in [0, 0.05) is 38.6 Å². The van der Waals surface area contributed by atoms with Gasteiger partial charge < -0.3 is 25.0 Å². The number of nitrogens with one attached hydrogen (secondary N) is 2. The Hall–Kier alpha value is -3.72. The number of aromatic amines is 1. The van der Waals surface area contributed by atoms with Gasteiger partial charge in [-0.05, 0) is 0 Å². The molecule has 1 fully saturated rings.